The van der Waals surface area contributed by atoms with E-state index in [4.69, 9.17) is 0 Å². The fraction of sp³-hybridized carbons (Fsp3) is 0.0182. The maximum Gasteiger partial charge on any atom is 0.0788 e. The van der Waals surface area contributed by atoms with Crippen LogP contribution in [0.1, 0.15) is 22.3 Å². The van der Waals surface area contributed by atoms with Crippen LogP contribution >= 0.6 is 0 Å². The number of para-hydroxylation sites is 3. The molecule has 0 atom stereocenters. The van der Waals surface area contributed by atoms with Crippen LogP contribution in [0.15, 0.2) is 206 Å². The van der Waals surface area contributed by atoms with E-state index in [2.05, 4.69) is 215 Å². The van der Waals surface area contributed by atoms with Gasteiger partial charge in [0.2, 0.25) is 0 Å². The van der Waals surface area contributed by atoms with Crippen LogP contribution in [-0.2, 0) is 5.41 Å². The fourth-order valence-electron chi connectivity index (χ4n) is 10.7. The van der Waals surface area contributed by atoms with Gasteiger partial charge in [-0.3, -0.25) is 0 Å². The first-order valence-electron chi connectivity index (χ1n) is 19.9. The molecular weight excluding hydrogens is 689 g/mol. The largest absolute Gasteiger partial charge is 0.307 e. The monoisotopic (exact) mass is 722 g/mol. The van der Waals surface area contributed by atoms with Gasteiger partial charge < -0.3 is 9.13 Å². The molecule has 11 aromatic rings. The van der Waals surface area contributed by atoms with E-state index in [0.29, 0.717) is 0 Å². The Balaban J connectivity index is 1.08. The Morgan fingerprint density at radius 1 is 0.281 bits per heavy atom. The first-order chi connectivity index (χ1) is 28.3. The van der Waals surface area contributed by atoms with Crippen LogP contribution in [0.25, 0.3) is 88.4 Å². The second kappa shape index (κ2) is 11.3. The number of hydrogen-bond donors (Lipinski definition) is 0. The van der Waals surface area contributed by atoms with Gasteiger partial charge in [-0.05, 0) is 98.1 Å². The molecular formula is C55H34N2. The summed E-state index contributed by atoms with van der Waals surface area (Å²) in [4.78, 5) is 0. The van der Waals surface area contributed by atoms with E-state index < -0.39 is 0 Å². The molecule has 9 aromatic carbocycles. The molecule has 2 nitrogen and oxygen atoms in total. The second-order valence-electron chi connectivity index (χ2n) is 15.6. The van der Waals surface area contributed by atoms with Crippen molar-refractivity contribution in [3.63, 3.8) is 0 Å². The molecule has 2 aliphatic carbocycles. The third-order valence-electron chi connectivity index (χ3n) is 12.9. The Morgan fingerprint density at radius 2 is 0.737 bits per heavy atom. The van der Waals surface area contributed by atoms with Gasteiger partial charge in [0.15, 0.2) is 0 Å². The molecule has 0 unspecified atom stereocenters. The van der Waals surface area contributed by atoms with Gasteiger partial charge in [-0.15, -0.1) is 0 Å². The molecule has 0 saturated carbocycles. The number of nitrogens with zero attached hydrogens (tertiary/aromatic N) is 2. The Kier molecular flexibility index (Phi) is 6.13. The Hall–Kier alpha value is -7.42. The first-order valence-corrected chi connectivity index (χ1v) is 19.9. The summed E-state index contributed by atoms with van der Waals surface area (Å²) >= 11 is 0. The third-order valence-corrected chi connectivity index (χ3v) is 12.9. The topological polar surface area (TPSA) is 9.86 Å². The molecule has 264 valence electrons. The van der Waals surface area contributed by atoms with Crippen LogP contribution in [0.4, 0.5) is 0 Å². The van der Waals surface area contributed by atoms with Crippen LogP contribution in [-0.4, -0.2) is 9.13 Å². The number of fused-ring (bicyclic) bond motifs is 17. The van der Waals surface area contributed by atoms with Gasteiger partial charge >= 0.3 is 0 Å². The second-order valence-corrected chi connectivity index (χ2v) is 15.6. The van der Waals surface area contributed by atoms with Crippen LogP contribution in [0.2, 0.25) is 0 Å². The van der Waals surface area contributed by atoms with Crippen molar-refractivity contribution in [2.45, 2.75) is 5.41 Å². The van der Waals surface area contributed by atoms with E-state index in [9.17, 15) is 0 Å². The number of benzene rings is 9. The summed E-state index contributed by atoms with van der Waals surface area (Å²) < 4.78 is 4.96. The minimum Gasteiger partial charge on any atom is -0.307 e. The lowest BCUT2D eigenvalue weighted by atomic mass is 9.70. The molecule has 13 rings (SSSR count). The summed E-state index contributed by atoms with van der Waals surface area (Å²) in [5.74, 6) is 0. The third kappa shape index (κ3) is 3.94. The van der Waals surface area contributed by atoms with Gasteiger partial charge in [-0.1, -0.05) is 164 Å². The molecule has 0 radical (unpaired) electrons. The zero-order chi connectivity index (χ0) is 37.2. The average Bonchev–Trinajstić information content (AvgIpc) is 3.99. The maximum atomic E-state index is 2.50. The lowest BCUT2D eigenvalue weighted by Gasteiger charge is -2.30. The van der Waals surface area contributed by atoms with Gasteiger partial charge in [-0.2, -0.15) is 0 Å². The summed E-state index contributed by atoms with van der Waals surface area (Å²) in [6, 6.07) is 76.7. The lowest BCUT2D eigenvalue weighted by molar-refractivity contribution is 0.794. The molecule has 0 aliphatic heterocycles. The lowest BCUT2D eigenvalue weighted by Crippen LogP contribution is -2.25. The van der Waals surface area contributed by atoms with Crippen LogP contribution in [0.3, 0.4) is 0 Å². The van der Waals surface area contributed by atoms with Crippen molar-refractivity contribution in [1.82, 2.24) is 9.13 Å². The molecule has 2 heterocycles. The highest BCUT2D eigenvalue weighted by Crippen LogP contribution is 2.63. The fourth-order valence-corrected chi connectivity index (χ4v) is 10.7. The van der Waals surface area contributed by atoms with Gasteiger partial charge in [0.25, 0.3) is 0 Å². The van der Waals surface area contributed by atoms with E-state index in [0.717, 1.165) is 11.4 Å². The van der Waals surface area contributed by atoms with Crippen LogP contribution in [0.5, 0.6) is 0 Å². The molecule has 0 N–H and O–H groups in total. The summed E-state index contributed by atoms with van der Waals surface area (Å²) in [6.45, 7) is 0. The SMILES string of the molecule is c1ccc(-n2c3ccccc3c3ccc4c5ccccc5n(-c5cccc(-c6ccc7c(c6)C6(c8ccccc8-c8ccccc86)c6ccccc6-7)c5)c4c32)cc1. The Bertz CT molecular complexity index is 3410. The molecule has 2 aliphatic rings. The highest BCUT2D eigenvalue weighted by Gasteiger charge is 2.51. The van der Waals surface area contributed by atoms with Gasteiger partial charge in [-0.25, -0.2) is 0 Å². The minimum atomic E-state index is -0.379. The molecule has 2 heteroatoms. The maximum absolute atomic E-state index is 2.50. The predicted octanol–water partition coefficient (Wildman–Crippen LogP) is 13.9. The summed E-state index contributed by atoms with van der Waals surface area (Å²) in [5, 5.41) is 5.01. The highest BCUT2D eigenvalue weighted by atomic mass is 15.0. The van der Waals surface area contributed by atoms with E-state index in [1.807, 2.05) is 0 Å². The summed E-state index contributed by atoms with van der Waals surface area (Å²) in [5.41, 5.74) is 19.9. The van der Waals surface area contributed by atoms with E-state index in [-0.39, 0.29) is 5.41 Å². The van der Waals surface area contributed by atoms with Gasteiger partial charge in [0.1, 0.15) is 0 Å². The van der Waals surface area contributed by atoms with Crippen molar-refractivity contribution in [3.8, 4) is 44.8 Å². The number of rotatable bonds is 3. The highest BCUT2D eigenvalue weighted by molar-refractivity contribution is 6.23. The van der Waals surface area contributed by atoms with Crippen molar-refractivity contribution in [1.29, 1.82) is 0 Å². The van der Waals surface area contributed by atoms with Crippen molar-refractivity contribution in [3.05, 3.63) is 229 Å². The zero-order valence-corrected chi connectivity index (χ0v) is 31.0. The van der Waals surface area contributed by atoms with Crippen molar-refractivity contribution in [2.75, 3.05) is 0 Å². The standard InChI is InChI=1S/C55H34N2/c1-2-16-37(17-3-1)56-51-27-12-7-22-43(51)45-31-32-46-44-23-8-13-28-52(44)57(54(46)53(45)56)38-18-14-15-35(33-38)36-29-30-42-41-21-6-11-26-49(41)55(50(42)34-36)47-24-9-4-19-39(47)40-20-5-10-25-48(40)55/h1-34H. The van der Waals surface area contributed by atoms with E-state index in [1.165, 1.54) is 99.2 Å². The molecule has 0 bridgehead atoms. The molecule has 1 spiro atoms. The molecule has 2 aromatic heterocycles. The Morgan fingerprint density at radius 3 is 1.33 bits per heavy atom. The van der Waals surface area contributed by atoms with Crippen molar-refractivity contribution >= 4 is 43.6 Å². The molecule has 0 saturated heterocycles. The molecule has 0 fully saturated rings. The average molecular weight is 723 g/mol. The van der Waals surface area contributed by atoms with Gasteiger partial charge in [0.05, 0.1) is 27.5 Å². The summed E-state index contributed by atoms with van der Waals surface area (Å²) in [6.07, 6.45) is 0. The molecule has 57 heavy (non-hydrogen) atoms. The molecule has 0 amide bonds. The van der Waals surface area contributed by atoms with Crippen LogP contribution < -0.4 is 0 Å². The number of aromatic nitrogens is 2. The predicted molar refractivity (Wildman–Crippen MR) is 237 cm³/mol. The minimum absolute atomic E-state index is 0.379. The number of hydrogen-bond acceptors (Lipinski definition) is 0. The van der Waals surface area contributed by atoms with E-state index in [1.54, 1.807) is 0 Å². The summed E-state index contributed by atoms with van der Waals surface area (Å²) in [7, 11) is 0. The van der Waals surface area contributed by atoms with Crippen molar-refractivity contribution < 1.29 is 0 Å². The zero-order valence-electron chi connectivity index (χ0n) is 31.0. The smallest absolute Gasteiger partial charge is 0.0788 e. The Labute approximate surface area is 330 Å². The quantitative estimate of drug-likeness (QED) is 0.172. The normalized spacial score (nSPS) is 13.4. The van der Waals surface area contributed by atoms with Crippen molar-refractivity contribution in [2.24, 2.45) is 0 Å². The van der Waals surface area contributed by atoms with E-state index >= 15 is 0 Å². The first kappa shape index (κ1) is 30.9. The van der Waals surface area contributed by atoms with Crippen LogP contribution in [0, 0.1) is 0 Å². The van der Waals surface area contributed by atoms with Gasteiger partial charge in [0, 0.05) is 32.9 Å².